The number of methoxy groups -OCH3 is 1. The van der Waals surface area contributed by atoms with Crippen LogP contribution in [-0.4, -0.2) is 38.4 Å². The Kier molecular flexibility index (Phi) is 4.20. The number of amides is 1. The molecule has 0 aromatic heterocycles. The summed E-state index contributed by atoms with van der Waals surface area (Å²) < 4.78 is 10.8. The molecular formula is C16H20ClNO3. The fourth-order valence-electron chi connectivity index (χ4n) is 2.96. The van der Waals surface area contributed by atoms with Gasteiger partial charge in [0.2, 0.25) is 5.91 Å². The maximum absolute atomic E-state index is 12.7. The second kappa shape index (κ2) is 5.95. The molecule has 0 radical (unpaired) electrons. The number of carbonyl (C=O) groups excluding carboxylic acids is 1. The number of halogens is 1. The molecule has 0 bridgehead atoms. The van der Waals surface area contributed by atoms with Gasteiger partial charge in [0, 0.05) is 18.7 Å². The van der Waals surface area contributed by atoms with Crippen molar-refractivity contribution < 1.29 is 14.3 Å². The molecule has 2 atom stereocenters. The number of hydrogen-bond donors (Lipinski definition) is 1. The third-order valence-electron chi connectivity index (χ3n) is 4.50. The lowest BCUT2D eigenvalue weighted by Crippen LogP contribution is -2.52. The second-order valence-electron chi connectivity index (χ2n) is 5.81. The van der Waals surface area contributed by atoms with Crippen molar-refractivity contribution in [1.29, 1.82) is 0 Å². The molecule has 1 saturated carbocycles. The fourth-order valence-corrected chi connectivity index (χ4v) is 3.08. The normalized spacial score (nSPS) is 27.1. The van der Waals surface area contributed by atoms with E-state index in [1.807, 2.05) is 24.3 Å². The van der Waals surface area contributed by atoms with Crippen LogP contribution in [0.1, 0.15) is 24.8 Å². The molecule has 1 saturated heterocycles. The van der Waals surface area contributed by atoms with Crippen molar-refractivity contribution in [1.82, 2.24) is 5.32 Å². The van der Waals surface area contributed by atoms with Gasteiger partial charge in [-0.1, -0.05) is 23.7 Å². The number of nitrogens with one attached hydrogen (secondary N) is 1. The summed E-state index contributed by atoms with van der Waals surface area (Å²) in [4.78, 5) is 12.7. The summed E-state index contributed by atoms with van der Waals surface area (Å²) in [5.74, 6) is 0.0961. The Morgan fingerprint density at radius 1 is 1.38 bits per heavy atom. The predicted octanol–water partition coefficient (Wildman–Crippen LogP) is 2.29. The number of benzene rings is 1. The number of rotatable bonds is 4. The van der Waals surface area contributed by atoms with Crippen molar-refractivity contribution >= 4 is 17.5 Å². The quantitative estimate of drug-likeness (QED) is 0.928. The lowest BCUT2D eigenvalue weighted by Gasteiger charge is -2.32. The van der Waals surface area contributed by atoms with E-state index in [2.05, 4.69) is 5.32 Å². The summed E-state index contributed by atoms with van der Waals surface area (Å²) >= 11 is 5.92. The van der Waals surface area contributed by atoms with E-state index >= 15 is 0 Å². The third-order valence-corrected chi connectivity index (χ3v) is 4.76. The molecule has 1 N–H and O–H groups in total. The summed E-state index contributed by atoms with van der Waals surface area (Å²) in [5.41, 5.74) is 0.673. The molecule has 4 nitrogen and oxygen atoms in total. The number of ether oxygens (including phenoxy) is 2. The minimum atomic E-state index is -0.374. The van der Waals surface area contributed by atoms with E-state index in [0.717, 1.165) is 24.8 Å². The maximum Gasteiger partial charge on any atom is 0.230 e. The summed E-state index contributed by atoms with van der Waals surface area (Å²) in [6.07, 6.45) is 2.51. The lowest BCUT2D eigenvalue weighted by molar-refractivity contribution is -0.127. The lowest BCUT2D eigenvalue weighted by atomic mass is 9.94. The van der Waals surface area contributed by atoms with Crippen molar-refractivity contribution in [2.24, 2.45) is 0 Å². The average molecular weight is 310 g/mol. The highest BCUT2D eigenvalue weighted by molar-refractivity contribution is 6.30. The van der Waals surface area contributed by atoms with Crippen LogP contribution in [0.5, 0.6) is 0 Å². The van der Waals surface area contributed by atoms with E-state index in [-0.39, 0.29) is 23.5 Å². The molecule has 1 amide bonds. The van der Waals surface area contributed by atoms with E-state index in [9.17, 15) is 4.79 Å². The molecule has 1 aromatic carbocycles. The minimum absolute atomic E-state index is 0.0287. The Hall–Kier alpha value is -1.10. The molecule has 0 spiro atoms. The molecule has 2 fully saturated rings. The van der Waals surface area contributed by atoms with Crippen molar-refractivity contribution in [2.45, 2.75) is 36.8 Å². The van der Waals surface area contributed by atoms with Gasteiger partial charge in [-0.05, 0) is 37.0 Å². The standard InChI is InChI=1S/C16H20ClNO3/c1-20-14-10-21-9-6-13(14)18-15(19)16(7-8-16)11-2-4-12(17)5-3-11/h2-5,13-14H,6-10H2,1H3,(H,18,19)/t13-,14-/m1/s1. The first-order valence-electron chi connectivity index (χ1n) is 7.33. The molecule has 3 rings (SSSR count). The summed E-state index contributed by atoms with van der Waals surface area (Å²) in [6.45, 7) is 1.20. The zero-order valence-corrected chi connectivity index (χ0v) is 12.9. The van der Waals surface area contributed by atoms with Gasteiger partial charge >= 0.3 is 0 Å². The van der Waals surface area contributed by atoms with Gasteiger partial charge in [0.25, 0.3) is 0 Å². The zero-order valence-electron chi connectivity index (χ0n) is 12.1. The van der Waals surface area contributed by atoms with Crippen molar-refractivity contribution in [3.8, 4) is 0 Å². The Labute approximate surface area is 129 Å². The molecule has 1 aliphatic heterocycles. The molecule has 114 valence electrons. The van der Waals surface area contributed by atoms with Crippen LogP contribution in [0.15, 0.2) is 24.3 Å². The topological polar surface area (TPSA) is 47.6 Å². The molecule has 1 aromatic rings. The highest BCUT2D eigenvalue weighted by atomic mass is 35.5. The van der Waals surface area contributed by atoms with Crippen LogP contribution in [0.2, 0.25) is 5.02 Å². The fraction of sp³-hybridized carbons (Fsp3) is 0.562. The van der Waals surface area contributed by atoms with E-state index in [1.165, 1.54) is 0 Å². The van der Waals surface area contributed by atoms with Crippen LogP contribution in [0, 0.1) is 0 Å². The second-order valence-corrected chi connectivity index (χ2v) is 6.24. The van der Waals surface area contributed by atoms with Gasteiger partial charge in [-0.15, -0.1) is 0 Å². The van der Waals surface area contributed by atoms with Crippen LogP contribution < -0.4 is 5.32 Å². The van der Waals surface area contributed by atoms with Gasteiger partial charge in [-0.3, -0.25) is 4.79 Å². The van der Waals surface area contributed by atoms with Gasteiger partial charge < -0.3 is 14.8 Å². The first-order valence-corrected chi connectivity index (χ1v) is 7.71. The molecule has 21 heavy (non-hydrogen) atoms. The first-order chi connectivity index (χ1) is 10.2. The highest BCUT2D eigenvalue weighted by Crippen LogP contribution is 2.48. The van der Waals surface area contributed by atoms with Gasteiger partial charge in [-0.25, -0.2) is 0 Å². The van der Waals surface area contributed by atoms with Gasteiger partial charge in [0.05, 0.1) is 18.1 Å². The Morgan fingerprint density at radius 2 is 2.10 bits per heavy atom. The van der Waals surface area contributed by atoms with E-state index in [0.29, 0.717) is 18.2 Å². The van der Waals surface area contributed by atoms with Crippen LogP contribution in [-0.2, 0) is 19.7 Å². The predicted molar refractivity (Wildman–Crippen MR) is 80.5 cm³/mol. The summed E-state index contributed by atoms with van der Waals surface area (Å²) in [5, 5.41) is 3.85. The molecule has 1 aliphatic carbocycles. The summed E-state index contributed by atoms with van der Waals surface area (Å²) in [7, 11) is 1.66. The minimum Gasteiger partial charge on any atom is -0.379 e. The van der Waals surface area contributed by atoms with E-state index < -0.39 is 0 Å². The van der Waals surface area contributed by atoms with E-state index in [4.69, 9.17) is 21.1 Å². The SMILES string of the molecule is CO[C@@H]1COCC[C@H]1NC(=O)C1(c2ccc(Cl)cc2)CC1. The van der Waals surface area contributed by atoms with Gasteiger partial charge in [-0.2, -0.15) is 0 Å². The summed E-state index contributed by atoms with van der Waals surface area (Å²) in [6, 6.07) is 7.62. The molecule has 2 aliphatic rings. The third kappa shape index (κ3) is 2.93. The molecular weight excluding hydrogens is 290 g/mol. The average Bonchev–Trinajstić information content (AvgIpc) is 3.30. The van der Waals surface area contributed by atoms with Crippen molar-refractivity contribution in [2.75, 3.05) is 20.3 Å². The Morgan fingerprint density at radius 3 is 2.71 bits per heavy atom. The van der Waals surface area contributed by atoms with E-state index in [1.54, 1.807) is 7.11 Å². The van der Waals surface area contributed by atoms with Crippen LogP contribution in [0.3, 0.4) is 0 Å². The maximum atomic E-state index is 12.7. The van der Waals surface area contributed by atoms with Crippen LogP contribution in [0.25, 0.3) is 0 Å². The smallest absolute Gasteiger partial charge is 0.230 e. The zero-order chi connectivity index (χ0) is 14.9. The Balaban J connectivity index is 1.71. The highest BCUT2D eigenvalue weighted by Gasteiger charge is 2.52. The van der Waals surface area contributed by atoms with Crippen LogP contribution >= 0.6 is 11.6 Å². The van der Waals surface area contributed by atoms with Gasteiger partial charge in [0.1, 0.15) is 6.10 Å². The number of hydrogen-bond acceptors (Lipinski definition) is 3. The van der Waals surface area contributed by atoms with Crippen molar-refractivity contribution in [3.05, 3.63) is 34.9 Å². The molecule has 1 heterocycles. The van der Waals surface area contributed by atoms with Crippen molar-refractivity contribution in [3.63, 3.8) is 0 Å². The number of carbonyl (C=O) groups is 1. The van der Waals surface area contributed by atoms with Gasteiger partial charge in [0.15, 0.2) is 0 Å². The largest absolute Gasteiger partial charge is 0.379 e. The van der Waals surface area contributed by atoms with Crippen LogP contribution in [0.4, 0.5) is 0 Å². The molecule has 0 unspecified atom stereocenters. The monoisotopic (exact) mass is 309 g/mol. The Bertz CT molecular complexity index is 513. The first kappa shape index (κ1) is 14.8. The molecule has 5 heteroatoms.